The molecule has 96 valence electrons. The monoisotopic (exact) mass is 246 g/mol. The summed E-state index contributed by atoms with van der Waals surface area (Å²) in [6, 6.07) is 21.7. The first kappa shape index (κ1) is 16.1. The normalized spacial score (nSPS) is 11.9. The SMILES string of the molecule is CCC(C)CC(c1ccccc1)c1ccccc1.[LiH]. The van der Waals surface area contributed by atoms with Gasteiger partial charge in [0.15, 0.2) is 0 Å². The van der Waals surface area contributed by atoms with Crippen LogP contribution in [0.2, 0.25) is 0 Å². The third-order valence-electron chi connectivity index (χ3n) is 3.74. The molecule has 0 saturated heterocycles. The molecule has 0 radical (unpaired) electrons. The zero-order valence-electron chi connectivity index (χ0n) is 11.3. The van der Waals surface area contributed by atoms with E-state index in [4.69, 9.17) is 0 Å². The Kier molecular flexibility index (Phi) is 6.99. The molecule has 19 heavy (non-hydrogen) atoms. The summed E-state index contributed by atoms with van der Waals surface area (Å²) in [7, 11) is 0. The van der Waals surface area contributed by atoms with Gasteiger partial charge in [0.1, 0.15) is 0 Å². The third kappa shape index (κ3) is 4.57. The fourth-order valence-corrected chi connectivity index (χ4v) is 2.40. The molecule has 1 atom stereocenters. The molecule has 0 spiro atoms. The van der Waals surface area contributed by atoms with Gasteiger partial charge in [0.25, 0.3) is 0 Å². The van der Waals surface area contributed by atoms with E-state index in [1.165, 1.54) is 24.0 Å². The predicted molar refractivity (Wildman–Crippen MR) is 85.9 cm³/mol. The Morgan fingerprint density at radius 1 is 0.789 bits per heavy atom. The number of benzene rings is 2. The molecule has 0 N–H and O–H groups in total. The van der Waals surface area contributed by atoms with Crippen LogP contribution in [0.15, 0.2) is 60.7 Å². The molecule has 0 aliphatic rings. The Morgan fingerprint density at radius 3 is 1.58 bits per heavy atom. The Morgan fingerprint density at radius 2 is 1.21 bits per heavy atom. The minimum atomic E-state index is 0. The second-order valence-electron chi connectivity index (χ2n) is 5.12. The molecular weight excluding hydrogens is 223 g/mol. The van der Waals surface area contributed by atoms with Crippen LogP contribution in [-0.4, -0.2) is 18.9 Å². The van der Waals surface area contributed by atoms with Gasteiger partial charge in [0, 0.05) is 5.92 Å². The van der Waals surface area contributed by atoms with E-state index < -0.39 is 0 Å². The van der Waals surface area contributed by atoms with Gasteiger partial charge in [-0.2, -0.15) is 0 Å². The van der Waals surface area contributed by atoms with Crippen LogP contribution in [0.4, 0.5) is 0 Å². The van der Waals surface area contributed by atoms with E-state index in [2.05, 4.69) is 74.5 Å². The minimum absolute atomic E-state index is 0. The fourth-order valence-electron chi connectivity index (χ4n) is 2.40. The van der Waals surface area contributed by atoms with Gasteiger partial charge in [-0.1, -0.05) is 80.9 Å². The van der Waals surface area contributed by atoms with Gasteiger partial charge in [0.2, 0.25) is 0 Å². The molecule has 0 bridgehead atoms. The van der Waals surface area contributed by atoms with Gasteiger partial charge >= 0.3 is 18.9 Å². The Hall–Kier alpha value is -0.963. The molecule has 2 aromatic carbocycles. The van der Waals surface area contributed by atoms with E-state index in [0.717, 1.165) is 5.92 Å². The van der Waals surface area contributed by atoms with Crippen LogP contribution < -0.4 is 0 Å². The zero-order valence-corrected chi connectivity index (χ0v) is 11.3. The van der Waals surface area contributed by atoms with Crippen molar-refractivity contribution in [1.82, 2.24) is 0 Å². The van der Waals surface area contributed by atoms with Crippen molar-refractivity contribution in [3.63, 3.8) is 0 Å². The summed E-state index contributed by atoms with van der Waals surface area (Å²) >= 11 is 0. The maximum absolute atomic E-state index is 2.35. The molecule has 0 aliphatic carbocycles. The van der Waals surface area contributed by atoms with E-state index in [0.29, 0.717) is 5.92 Å². The zero-order chi connectivity index (χ0) is 12.8. The molecule has 2 aromatic rings. The van der Waals surface area contributed by atoms with Crippen molar-refractivity contribution in [1.29, 1.82) is 0 Å². The van der Waals surface area contributed by atoms with E-state index in [9.17, 15) is 0 Å². The number of rotatable bonds is 5. The van der Waals surface area contributed by atoms with Crippen molar-refractivity contribution < 1.29 is 0 Å². The second-order valence-corrected chi connectivity index (χ2v) is 5.12. The van der Waals surface area contributed by atoms with Crippen LogP contribution in [0.3, 0.4) is 0 Å². The molecule has 0 heterocycles. The Bertz CT molecular complexity index is 410. The summed E-state index contributed by atoms with van der Waals surface area (Å²) in [4.78, 5) is 0. The van der Waals surface area contributed by atoms with Crippen molar-refractivity contribution in [3.05, 3.63) is 71.8 Å². The maximum atomic E-state index is 2.35. The van der Waals surface area contributed by atoms with Crippen molar-refractivity contribution >= 4 is 18.9 Å². The number of hydrogen-bond acceptors (Lipinski definition) is 0. The first-order valence-corrected chi connectivity index (χ1v) is 6.91. The summed E-state index contributed by atoms with van der Waals surface area (Å²) in [5.41, 5.74) is 2.87. The Labute approximate surface area is 129 Å². The van der Waals surface area contributed by atoms with Crippen LogP contribution in [0.5, 0.6) is 0 Å². The van der Waals surface area contributed by atoms with Crippen LogP contribution >= 0.6 is 0 Å². The summed E-state index contributed by atoms with van der Waals surface area (Å²) in [6.45, 7) is 4.62. The summed E-state index contributed by atoms with van der Waals surface area (Å²) in [5.74, 6) is 1.29. The van der Waals surface area contributed by atoms with Crippen molar-refractivity contribution in [2.75, 3.05) is 0 Å². The van der Waals surface area contributed by atoms with Crippen molar-refractivity contribution in [2.45, 2.75) is 32.6 Å². The summed E-state index contributed by atoms with van der Waals surface area (Å²) in [6.07, 6.45) is 2.47. The molecule has 0 nitrogen and oxygen atoms in total. The summed E-state index contributed by atoms with van der Waals surface area (Å²) in [5, 5.41) is 0. The quantitative estimate of drug-likeness (QED) is 0.676. The van der Waals surface area contributed by atoms with Crippen LogP contribution in [0.1, 0.15) is 43.7 Å². The van der Waals surface area contributed by atoms with E-state index >= 15 is 0 Å². The molecule has 1 unspecified atom stereocenters. The molecule has 0 saturated carbocycles. The van der Waals surface area contributed by atoms with Gasteiger partial charge < -0.3 is 0 Å². The number of hydrogen-bond donors (Lipinski definition) is 0. The molecule has 2 rings (SSSR count). The topological polar surface area (TPSA) is 0 Å². The van der Waals surface area contributed by atoms with Gasteiger partial charge in [-0.05, 0) is 23.5 Å². The molecular formula is C18H23Li. The average Bonchev–Trinajstić information content (AvgIpc) is 2.46. The first-order chi connectivity index (χ1) is 8.81. The standard InChI is InChI=1S/C18H22.Li.H/c1-3-15(2)14-18(16-10-6-4-7-11-16)17-12-8-5-9-13-17;;/h4-13,15,18H,3,14H2,1-2H3;;. The molecule has 0 fully saturated rings. The van der Waals surface area contributed by atoms with E-state index in [1.54, 1.807) is 0 Å². The summed E-state index contributed by atoms with van der Waals surface area (Å²) < 4.78 is 0. The Balaban J connectivity index is 0.00000180. The van der Waals surface area contributed by atoms with E-state index in [1.807, 2.05) is 0 Å². The van der Waals surface area contributed by atoms with Gasteiger partial charge in [-0.25, -0.2) is 0 Å². The second kappa shape index (κ2) is 8.26. The first-order valence-electron chi connectivity index (χ1n) is 6.91. The van der Waals surface area contributed by atoms with Crippen molar-refractivity contribution in [3.8, 4) is 0 Å². The van der Waals surface area contributed by atoms with Crippen LogP contribution in [0.25, 0.3) is 0 Å². The average molecular weight is 246 g/mol. The molecule has 0 aromatic heterocycles. The molecule has 0 aliphatic heterocycles. The molecule has 0 amide bonds. The van der Waals surface area contributed by atoms with Crippen LogP contribution in [0, 0.1) is 5.92 Å². The van der Waals surface area contributed by atoms with E-state index in [-0.39, 0.29) is 18.9 Å². The van der Waals surface area contributed by atoms with Crippen molar-refractivity contribution in [2.24, 2.45) is 5.92 Å². The van der Waals surface area contributed by atoms with Gasteiger partial charge in [-0.15, -0.1) is 0 Å². The fraction of sp³-hybridized carbons (Fsp3) is 0.333. The van der Waals surface area contributed by atoms with Crippen LogP contribution in [-0.2, 0) is 0 Å². The van der Waals surface area contributed by atoms with Gasteiger partial charge in [0.05, 0.1) is 0 Å². The predicted octanol–water partition coefficient (Wildman–Crippen LogP) is 4.61. The molecule has 1 heteroatoms. The van der Waals surface area contributed by atoms with Gasteiger partial charge in [-0.3, -0.25) is 0 Å². The third-order valence-corrected chi connectivity index (χ3v) is 3.74.